The molecule has 2 aliphatic heterocycles. The average molecular weight is 446 g/mol. The van der Waals surface area contributed by atoms with E-state index in [4.69, 9.17) is 14.2 Å². The van der Waals surface area contributed by atoms with Crippen LogP contribution in [0.2, 0.25) is 0 Å². The van der Waals surface area contributed by atoms with E-state index in [1.54, 1.807) is 0 Å². The zero-order valence-corrected chi connectivity index (χ0v) is 16.2. The maximum Gasteiger partial charge on any atom is 0.340 e. The Morgan fingerprint density at radius 1 is 0.742 bits per heavy atom. The van der Waals surface area contributed by atoms with Crippen LogP contribution in [0.3, 0.4) is 0 Å². The zero-order chi connectivity index (χ0) is 22.9. The number of ether oxygens (including phenoxy) is 3. The van der Waals surface area contributed by atoms with Gasteiger partial charge in [-0.1, -0.05) is 12.1 Å². The van der Waals surface area contributed by atoms with Crippen LogP contribution in [0.5, 0.6) is 0 Å². The lowest BCUT2D eigenvalue weighted by Crippen LogP contribution is -2.59. The van der Waals surface area contributed by atoms with Crippen LogP contribution in [-0.2, 0) is 14.2 Å². The third-order valence-corrected chi connectivity index (χ3v) is 5.44. The van der Waals surface area contributed by atoms with Gasteiger partial charge in [0.15, 0.2) is 0 Å². The van der Waals surface area contributed by atoms with Gasteiger partial charge in [0, 0.05) is 0 Å². The lowest BCUT2D eigenvalue weighted by atomic mass is 9.91. The van der Waals surface area contributed by atoms with Crippen LogP contribution in [0.1, 0.15) is 22.0 Å². The quantitative estimate of drug-likeness (QED) is 0.205. The molecule has 3 rings (SSSR count). The Bertz CT molecular complexity index is 738. The summed E-state index contributed by atoms with van der Waals surface area (Å²) in [6.45, 7) is -1.25. The van der Waals surface area contributed by atoms with Gasteiger partial charge in [0.05, 0.1) is 18.8 Å². The fraction of sp³-hybridized carbons (Fsp3) is 0.632. The summed E-state index contributed by atoms with van der Waals surface area (Å²) in [5.41, 5.74) is 0.353. The van der Waals surface area contributed by atoms with E-state index in [0.29, 0.717) is 5.56 Å². The molecule has 10 unspecified atom stereocenters. The van der Waals surface area contributed by atoms with Gasteiger partial charge in [-0.3, -0.25) is 0 Å². The first-order chi connectivity index (χ1) is 14.7. The van der Waals surface area contributed by atoms with Crippen LogP contribution >= 0.6 is 0 Å². The van der Waals surface area contributed by atoms with Crippen LogP contribution < -0.4 is 0 Å². The van der Waals surface area contributed by atoms with Crippen molar-refractivity contribution in [3.8, 4) is 0 Å². The molecule has 1 aromatic rings. The number of benzene rings is 1. The summed E-state index contributed by atoms with van der Waals surface area (Å²) < 4.78 is 15.6. The van der Waals surface area contributed by atoms with E-state index in [9.17, 15) is 45.6 Å². The molecule has 12 nitrogen and oxygen atoms in total. The van der Waals surface area contributed by atoms with Gasteiger partial charge in [0.2, 0.25) is 6.29 Å². The van der Waals surface area contributed by atoms with Gasteiger partial charge < -0.3 is 55.1 Å². The summed E-state index contributed by atoms with van der Waals surface area (Å²) in [5.74, 6) is -0.940. The first-order valence-electron chi connectivity index (χ1n) is 9.61. The summed E-state index contributed by atoms with van der Waals surface area (Å²) in [5, 5.41) is 77.9. The summed E-state index contributed by atoms with van der Waals surface area (Å²) in [6.07, 6.45) is -14.6. The molecule has 0 bridgehead atoms. The molecule has 0 spiro atoms. The van der Waals surface area contributed by atoms with Crippen molar-refractivity contribution >= 4 is 5.97 Å². The second kappa shape index (κ2) is 9.83. The average Bonchev–Trinajstić information content (AvgIpc) is 2.78. The smallest absolute Gasteiger partial charge is 0.340 e. The highest BCUT2D eigenvalue weighted by molar-refractivity contribution is 5.89. The lowest BCUT2D eigenvalue weighted by Gasteiger charge is -2.40. The van der Waals surface area contributed by atoms with E-state index in [-0.39, 0.29) is 5.56 Å². The van der Waals surface area contributed by atoms with Gasteiger partial charge in [-0.2, -0.15) is 0 Å². The molecular formula is C19H26O12. The molecule has 174 valence electrons. The SMILES string of the molecule is O=C(OC1OC(CO)C(O)C(O)C1O)c1ccc(C2OC(CO)C(O)C(O)C2O)cc1. The topological polar surface area (TPSA) is 207 Å². The van der Waals surface area contributed by atoms with Crippen molar-refractivity contribution in [1.29, 1.82) is 0 Å². The normalized spacial score (nSPS) is 41.0. The Morgan fingerprint density at radius 3 is 1.81 bits per heavy atom. The molecule has 2 fully saturated rings. The fourth-order valence-electron chi connectivity index (χ4n) is 3.52. The molecule has 2 aliphatic rings. The molecule has 10 atom stereocenters. The predicted octanol–water partition coefficient (Wildman–Crippen LogP) is -3.84. The second-order valence-corrected chi connectivity index (χ2v) is 7.47. The van der Waals surface area contributed by atoms with Gasteiger partial charge in [-0.25, -0.2) is 4.79 Å². The molecule has 0 aliphatic carbocycles. The van der Waals surface area contributed by atoms with Crippen LogP contribution in [0.25, 0.3) is 0 Å². The Hall–Kier alpha value is -1.71. The van der Waals surface area contributed by atoms with Crippen molar-refractivity contribution in [2.45, 2.75) is 61.2 Å². The van der Waals surface area contributed by atoms with E-state index in [2.05, 4.69) is 0 Å². The van der Waals surface area contributed by atoms with Crippen LogP contribution in [0, 0.1) is 0 Å². The number of hydrogen-bond donors (Lipinski definition) is 8. The number of aliphatic hydroxyl groups excluding tert-OH is 8. The number of aliphatic hydroxyl groups is 8. The molecule has 0 saturated carbocycles. The van der Waals surface area contributed by atoms with Gasteiger partial charge >= 0.3 is 5.97 Å². The minimum Gasteiger partial charge on any atom is -0.429 e. The molecule has 31 heavy (non-hydrogen) atoms. The lowest BCUT2D eigenvalue weighted by molar-refractivity contribution is -0.285. The Kier molecular flexibility index (Phi) is 7.59. The van der Waals surface area contributed by atoms with E-state index < -0.39 is 80.4 Å². The molecule has 8 N–H and O–H groups in total. The van der Waals surface area contributed by atoms with Crippen molar-refractivity contribution in [3.05, 3.63) is 35.4 Å². The van der Waals surface area contributed by atoms with Gasteiger partial charge in [0.25, 0.3) is 0 Å². The number of carbonyl (C=O) groups excluding carboxylic acids is 1. The Labute approximate surface area is 176 Å². The first kappa shape index (κ1) is 23.9. The minimum absolute atomic E-state index is 0.00491. The van der Waals surface area contributed by atoms with Crippen molar-refractivity contribution in [1.82, 2.24) is 0 Å². The highest BCUT2D eigenvalue weighted by atomic mass is 16.7. The van der Waals surface area contributed by atoms with Crippen LogP contribution in [0.4, 0.5) is 0 Å². The van der Waals surface area contributed by atoms with Crippen molar-refractivity contribution in [3.63, 3.8) is 0 Å². The monoisotopic (exact) mass is 446 g/mol. The molecular weight excluding hydrogens is 420 g/mol. The highest BCUT2D eigenvalue weighted by Crippen LogP contribution is 2.32. The first-order valence-corrected chi connectivity index (χ1v) is 9.61. The third-order valence-electron chi connectivity index (χ3n) is 5.44. The maximum absolute atomic E-state index is 12.4. The number of esters is 1. The molecule has 2 saturated heterocycles. The molecule has 2 heterocycles. The van der Waals surface area contributed by atoms with Gasteiger partial charge in [-0.05, 0) is 17.7 Å². The molecule has 1 aromatic carbocycles. The van der Waals surface area contributed by atoms with Crippen molar-refractivity contribution < 1.29 is 59.9 Å². The largest absolute Gasteiger partial charge is 0.429 e. The summed E-state index contributed by atoms with van der Waals surface area (Å²) in [6, 6.07) is 5.42. The predicted molar refractivity (Wildman–Crippen MR) is 98.3 cm³/mol. The number of carbonyl (C=O) groups is 1. The summed E-state index contributed by atoms with van der Waals surface area (Å²) in [7, 11) is 0. The molecule has 0 amide bonds. The van der Waals surface area contributed by atoms with E-state index >= 15 is 0 Å². The van der Waals surface area contributed by atoms with E-state index in [0.717, 1.165) is 0 Å². The zero-order valence-electron chi connectivity index (χ0n) is 16.2. The fourth-order valence-corrected chi connectivity index (χ4v) is 3.52. The summed E-state index contributed by atoms with van der Waals surface area (Å²) in [4.78, 5) is 12.4. The molecule has 0 aromatic heterocycles. The second-order valence-electron chi connectivity index (χ2n) is 7.47. The Morgan fingerprint density at radius 2 is 1.26 bits per heavy atom. The number of rotatable bonds is 5. The van der Waals surface area contributed by atoms with Gasteiger partial charge in [-0.15, -0.1) is 0 Å². The van der Waals surface area contributed by atoms with Crippen molar-refractivity contribution in [2.75, 3.05) is 13.2 Å². The van der Waals surface area contributed by atoms with E-state index in [1.807, 2.05) is 0 Å². The highest BCUT2D eigenvalue weighted by Gasteiger charge is 2.46. The maximum atomic E-state index is 12.4. The molecule has 0 radical (unpaired) electrons. The van der Waals surface area contributed by atoms with E-state index in [1.165, 1.54) is 24.3 Å². The standard InChI is InChI=1S/C19H26O12/c20-5-9-11(22)13(24)15(26)17(29-9)7-1-3-8(4-2-7)18(28)31-19-16(27)14(25)12(23)10(6-21)30-19/h1-4,9-17,19-27H,5-6H2. The van der Waals surface area contributed by atoms with Crippen LogP contribution in [-0.4, -0.2) is 115 Å². The van der Waals surface area contributed by atoms with Gasteiger partial charge in [0.1, 0.15) is 54.9 Å². The minimum atomic E-state index is -1.74. The van der Waals surface area contributed by atoms with Crippen molar-refractivity contribution in [2.24, 2.45) is 0 Å². The summed E-state index contributed by atoms with van der Waals surface area (Å²) >= 11 is 0. The third kappa shape index (κ3) is 4.73. The number of hydrogen-bond acceptors (Lipinski definition) is 12. The molecule has 12 heteroatoms. The van der Waals surface area contributed by atoms with Crippen LogP contribution in [0.15, 0.2) is 24.3 Å². The Balaban J connectivity index is 1.69.